The van der Waals surface area contributed by atoms with Gasteiger partial charge in [-0.2, -0.15) is 0 Å². The van der Waals surface area contributed by atoms with Gasteiger partial charge in [0.15, 0.2) is 23.2 Å². The molecule has 1 aliphatic rings. The van der Waals surface area contributed by atoms with Gasteiger partial charge in [0.05, 0.1) is 17.6 Å². The number of nitrogens with one attached hydrogen (secondary N) is 2. The van der Waals surface area contributed by atoms with Crippen molar-refractivity contribution in [2.45, 2.75) is 0 Å². The summed E-state index contributed by atoms with van der Waals surface area (Å²) in [6.45, 7) is 0. The fraction of sp³-hybridized carbons (Fsp3) is 0. The van der Waals surface area contributed by atoms with Gasteiger partial charge in [0.1, 0.15) is 0 Å². The average Bonchev–Trinajstić information content (AvgIpc) is 3.49. The Hall–Kier alpha value is -4.72. The fourth-order valence-corrected chi connectivity index (χ4v) is 3.77. The van der Waals surface area contributed by atoms with Crippen LogP contribution in [-0.2, 0) is 0 Å². The van der Waals surface area contributed by atoms with Crippen LogP contribution in [0.1, 0.15) is 10.6 Å². The highest BCUT2D eigenvalue weighted by Gasteiger charge is 2.24. The maximum absolute atomic E-state index is 12.2. The van der Waals surface area contributed by atoms with Crippen molar-refractivity contribution >= 4 is 23.1 Å². The number of hydrogen-bond donors (Lipinski definition) is 2. The van der Waals surface area contributed by atoms with Gasteiger partial charge in [-0.3, -0.25) is 9.36 Å². The number of anilines is 3. The third-order valence-electron chi connectivity index (χ3n) is 5.26. The van der Waals surface area contributed by atoms with Crippen LogP contribution in [0.2, 0.25) is 0 Å². The van der Waals surface area contributed by atoms with E-state index in [-0.39, 0.29) is 11.7 Å². The first kappa shape index (κ1) is 18.1. The Morgan fingerprint density at radius 3 is 2.59 bits per heavy atom. The normalized spacial score (nSPS) is 11.5. The van der Waals surface area contributed by atoms with Crippen molar-refractivity contribution in [2.75, 3.05) is 10.6 Å². The van der Waals surface area contributed by atoms with Gasteiger partial charge in [-0.15, -0.1) is 10.2 Å². The molecule has 0 saturated heterocycles. The van der Waals surface area contributed by atoms with Gasteiger partial charge in [-0.05, 0) is 60.7 Å². The fourth-order valence-electron chi connectivity index (χ4n) is 3.77. The van der Waals surface area contributed by atoms with Crippen LogP contribution >= 0.6 is 0 Å². The second-order valence-corrected chi connectivity index (χ2v) is 7.23. The minimum atomic E-state index is -0.304. The lowest BCUT2D eigenvalue weighted by molar-refractivity contribution is 0.0996. The summed E-state index contributed by atoms with van der Waals surface area (Å²) >= 11 is 0. The maximum Gasteiger partial charge on any atom is 0.291 e. The third kappa shape index (κ3) is 2.93. The predicted molar refractivity (Wildman–Crippen MR) is 120 cm³/mol. The van der Waals surface area contributed by atoms with Crippen LogP contribution in [-0.4, -0.2) is 25.7 Å². The highest BCUT2D eigenvalue weighted by Crippen LogP contribution is 2.39. The minimum Gasteiger partial charge on any atom is -0.459 e. The first-order valence-corrected chi connectivity index (χ1v) is 10.0. The number of aromatic nitrogens is 4. The Balaban J connectivity index is 1.42. The molecule has 3 aromatic heterocycles. The molecule has 0 aliphatic carbocycles. The highest BCUT2D eigenvalue weighted by molar-refractivity contribution is 6.02. The molecule has 1 aliphatic heterocycles. The van der Waals surface area contributed by atoms with Crippen molar-refractivity contribution in [1.29, 1.82) is 0 Å². The lowest BCUT2D eigenvalue weighted by atomic mass is 10.1. The van der Waals surface area contributed by atoms with Crippen LogP contribution in [0.3, 0.4) is 0 Å². The number of hydrogen-bond acceptors (Lipinski definition) is 6. The number of amides is 1. The van der Waals surface area contributed by atoms with Crippen molar-refractivity contribution in [3.63, 3.8) is 0 Å². The van der Waals surface area contributed by atoms with Gasteiger partial charge < -0.3 is 15.1 Å². The summed E-state index contributed by atoms with van der Waals surface area (Å²) in [5, 5.41) is 15.2. The third-order valence-corrected chi connectivity index (χ3v) is 5.26. The van der Waals surface area contributed by atoms with Crippen molar-refractivity contribution in [1.82, 2.24) is 19.7 Å². The first-order valence-electron chi connectivity index (χ1n) is 10.0. The van der Waals surface area contributed by atoms with Crippen LogP contribution in [0.25, 0.3) is 28.5 Å². The summed E-state index contributed by atoms with van der Waals surface area (Å²) in [5.74, 6) is 2.08. The van der Waals surface area contributed by atoms with E-state index in [1.165, 1.54) is 6.26 Å². The molecule has 2 N–H and O–H groups in total. The van der Waals surface area contributed by atoms with E-state index in [1.54, 1.807) is 18.3 Å². The molecule has 6 rings (SSSR count). The summed E-state index contributed by atoms with van der Waals surface area (Å²) in [6, 6.07) is 22.5. The number of carbonyl (C=O) groups is 1. The number of furan rings is 1. The van der Waals surface area contributed by atoms with Crippen LogP contribution in [0, 0.1) is 0 Å². The van der Waals surface area contributed by atoms with E-state index >= 15 is 0 Å². The molecular formula is C24H16N6O2. The summed E-state index contributed by atoms with van der Waals surface area (Å²) < 4.78 is 7.14. The molecule has 0 radical (unpaired) electrons. The van der Waals surface area contributed by atoms with Crippen molar-refractivity contribution in [3.8, 4) is 28.5 Å². The van der Waals surface area contributed by atoms with E-state index in [2.05, 4.69) is 25.8 Å². The topological polar surface area (TPSA) is 97.9 Å². The molecule has 0 unspecified atom stereocenters. The molecule has 5 aromatic rings. The Bertz CT molecular complexity index is 1440. The van der Waals surface area contributed by atoms with Crippen LogP contribution in [0.5, 0.6) is 0 Å². The molecule has 8 heteroatoms. The summed E-state index contributed by atoms with van der Waals surface area (Å²) in [7, 11) is 0. The van der Waals surface area contributed by atoms with Gasteiger partial charge in [-0.25, -0.2) is 4.98 Å². The zero-order valence-electron chi connectivity index (χ0n) is 16.7. The number of carbonyl (C=O) groups excluding carboxylic acids is 1. The monoisotopic (exact) mass is 420 g/mol. The van der Waals surface area contributed by atoms with Crippen molar-refractivity contribution in [3.05, 3.63) is 91.0 Å². The summed E-state index contributed by atoms with van der Waals surface area (Å²) in [6.07, 6.45) is 3.22. The van der Waals surface area contributed by atoms with E-state index in [1.807, 2.05) is 65.2 Å². The molecule has 4 heterocycles. The smallest absolute Gasteiger partial charge is 0.291 e. The number of pyridine rings is 1. The van der Waals surface area contributed by atoms with Crippen molar-refractivity contribution in [2.24, 2.45) is 0 Å². The van der Waals surface area contributed by atoms with Crippen LogP contribution in [0.15, 0.2) is 89.7 Å². The largest absolute Gasteiger partial charge is 0.459 e. The maximum atomic E-state index is 12.2. The zero-order chi connectivity index (χ0) is 21.5. The number of benzene rings is 2. The minimum absolute atomic E-state index is 0.257. The second-order valence-electron chi connectivity index (χ2n) is 7.23. The number of rotatable bonds is 3. The van der Waals surface area contributed by atoms with Crippen LogP contribution < -0.4 is 10.6 Å². The Kier molecular flexibility index (Phi) is 4.07. The van der Waals surface area contributed by atoms with Gasteiger partial charge in [0, 0.05) is 23.0 Å². The molecule has 0 saturated carbocycles. The zero-order valence-corrected chi connectivity index (χ0v) is 16.7. The second kappa shape index (κ2) is 7.21. The SMILES string of the molecule is O=C(Nc1ccc(-c2nnc3n2-c2cccnc2Nc2ccccc2-3)cc1)c1ccco1. The molecule has 8 nitrogen and oxygen atoms in total. The molecule has 32 heavy (non-hydrogen) atoms. The Morgan fingerprint density at radius 1 is 0.906 bits per heavy atom. The van der Waals surface area contributed by atoms with Gasteiger partial charge in [-0.1, -0.05) is 12.1 Å². The van der Waals surface area contributed by atoms with E-state index in [4.69, 9.17) is 4.42 Å². The number of para-hydroxylation sites is 1. The molecule has 0 bridgehead atoms. The number of nitrogens with zero attached hydrogens (tertiary/aromatic N) is 4. The quantitative estimate of drug-likeness (QED) is 0.423. The van der Waals surface area contributed by atoms with Gasteiger partial charge in [0.25, 0.3) is 5.91 Å². The van der Waals surface area contributed by atoms with E-state index in [9.17, 15) is 4.79 Å². The Labute approximate surface area is 182 Å². The number of fused-ring (bicyclic) bond motifs is 5. The van der Waals surface area contributed by atoms with E-state index < -0.39 is 0 Å². The first-order chi connectivity index (χ1) is 15.8. The molecular weight excluding hydrogens is 404 g/mol. The molecule has 154 valence electrons. The van der Waals surface area contributed by atoms with Gasteiger partial charge >= 0.3 is 0 Å². The molecule has 0 atom stereocenters. The highest BCUT2D eigenvalue weighted by atomic mass is 16.3. The predicted octanol–water partition coefficient (Wildman–Crippen LogP) is 4.90. The molecule has 0 spiro atoms. The van der Waals surface area contributed by atoms with Crippen LogP contribution in [0.4, 0.5) is 17.2 Å². The molecule has 2 aromatic carbocycles. The molecule has 0 fully saturated rings. The van der Waals surface area contributed by atoms with Gasteiger partial charge in [0.2, 0.25) is 0 Å². The lowest BCUT2D eigenvalue weighted by Gasteiger charge is -2.11. The molecule has 1 amide bonds. The Morgan fingerprint density at radius 2 is 1.75 bits per heavy atom. The summed E-state index contributed by atoms with van der Waals surface area (Å²) in [5.41, 5.74) is 4.22. The van der Waals surface area contributed by atoms with Crippen molar-refractivity contribution < 1.29 is 9.21 Å². The average molecular weight is 420 g/mol. The lowest BCUT2D eigenvalue weighted by Crippen LogP contribution is -2.10. The standard InChI is InChI=1S/C24H16N6O2/c31-24(20-8-4-14-32-20)26-16-11-9-15(10-12-16)22-28-29-23-17-5-1-2-6-18(17)27-21-19(30(22)23)7-3-13-25-21/h1-14H,(H,25,27)(H,26,31). The van der Waals surface area contributed by atoms with E-state index in [0.717, 1.165) is 34.1 Å². The van der Waals surface area contributed by atoms with E-state index in [0.29, 0.717) is 11.5 Å². The summed E-state index contributed by atoms with van der Waals surface area (Å²) in [4.78, 5) is 16.7.